The van der Waals surface area contributed by atoms with E-state index in [1.165, 1.54) is 0 Å². The highest BCUT2D eigenvalue weighted by molar-refractivity contribution is 5.69. The first kappa shape index (κ1) is 22.8. The average molecular weight is 456 g/mol. The number of hydrogen-bond donors (Lipinski definition) is 0. The van der Waals surface area contributed by atoms with Gasteiger partial charge in [-0.25, -0.2) is 9.78 Å². The van der Waals surface area contributed by atoms with Crippen molar-refractivity contribution in [3.05, 3.63) is 40.6 Å². The van der Waals surface area contributed by atoms with E-state index in [-0.39, 0.29) is 29.2 Å². The number of pyridine rings is 2. The molecule has 4 rings (SSSR count). The number of nitro groups is 1. The van der Waals surface area contributed by atoms with Gasteiger partial charge in [-0.2, -0.15) is 0 Å². The molecule has 1 spiro atoms. The molecule has 1 saturated heterocycles. The van der Waals surface area contributed by atoms with Gasteiger partial charge in [0.2, 0.25) is 11.6 Å². The van der Waals surface area contributed by atoms with E-state index in [1.54, 1.807) is 35.4 Å². The molecule has 1 saturated carbocycles. The van der Waals surface area contributed by atoms with Crippen LogP contribution in [0.5, 0.6) is 11.6 Å². The Morgan fingerprint density at radius 2 is 2.00 bits per heavy atom. The van der Waals surface area contributed by atoms with Crippen LogP contribution in [-0.2, 0) is 4.74 Å². The van der Waals surface area contributed by atoms with Crippen molar-refractivity contribution >= 4 is 11.9 Å². The number of likely N-dealkylation sites (tertiary alicyclic amines) is 1. The van der Waals surface area contributed by atoms with Crippen LogP contribution in [0.25, 0.3) is 11.3 Å². The van der Waals surface area contributed by atoms with Crippen LogP contribution >= 0.6 is 0 Å². The zero-order valence-corrected chi connectivity index (χ0v) is 19.2. The summed E-state index contributed by atoms with van der Waals surface area (Å²) in [5.74, 6) is 0.161. The summed E-state index contributed by atoms with van der Waals surface area (Å²) in [7, 11) is 0. The molecule has 0 N–H and O–H groups in total. The van der Waals surface area contributed by atoms with Crippen molar-refractivity contribution in [1.29, 1.82) is 0 Å². The summed E-state index contributed by atoms with van der Waals surface area (Å²) in [5, 5.41) is 11.7. The maximum atomic E-state index is 12.2. The number of aromatic nitrogens is 2. The molecule has 0 bridgehead atoms. The number of rotatable bonds is 6. The zero-order valence-electron chi connectivity index (χ0n) is 19.2. The number of ether oxygens (including phenoxy) is 3. The van der Waals surface area contributed by atoms with Crippen LogP contribution in [0.2, 0.25) is 0 Å². The number of amides is 1. The predicted molar refractivity (Wildman–Crippen MR) is 119 cm³/mol. The highest BCUT2D eigenvalue weighted by atomic mass is 16.6. The van der Waals surface area contributed by atoms with Gasteiger partial charge in [0.15, 0.2) is 5.69 Å². The molecule has 33 heavy (non-hydrogen) atoms. The molecule has 10 heteroatoms. The standard InChI is InChI=1S/C23H28N4O6/c1-5-31-20-16(7-6-10-24-20)17-8-9-18(19(25-17)27(29)30)32-15-11-23(12-15)13-26(14-23)21(28)33-22(2,3)4/h6-10,15H,5,11-14H2,1-4H3. The molecule has 2 aromatic heterocycles. The Morgan fingerprint density at radius 3 is 2.64 bits per heavy atom. The molecule has 0 unspecified atom stereocenters. The predicted octanol–water partition coefficient (Wildman–Crippen LogP) is 4.23. The van der Waals surface area contributed by atoms with E-state index >= 15 is 0 Å². The minimum atomic E-state index is -0.544. The molecule has 1 aliphatic heterocycles. The Hall–Kier alpha value is -3.43. The molecular weight excluding hydrogens is 428 g/mol. The topological polar surface area (TPSA) is 117 Å². The lowest BCUT2D eigenvalue weighted by molar-refractivity contribution is -0.390. The summed E-state index contributed by atoms with van der Waals surface area (Å²) >= 11 is 0. The lowest BCUT2D eigenvalue weighted by atomic mass is 9.62. The first-order chi connectivity index (χ1) is 15.6. The van der Waals surface area contributed by atoms with Crippen molar-refractivity contribution in [1.82, 2.24) is 14.9 Å². The summed E-state index contributed by atoms with van der Waals surface area (Å²) < 4.78 is 16.8. The van der Waals surface area contributed by atoms with E-state index in [2.05, 4.69) is 9.97 Å². The summed E-state index contributed by atoms with van der Waals surface area (Å²) in [6, 6.07) is 6.72. The third kappa shape index (κ3) is 4.84. The van der Waals surface area contributed by atoms with E-state index in [9.17, 15) is 14.9 Å². The van der Waals surface area contributed by atoms with Crippen molar-refractivity contribution in [2.75, 3.05) is 19.7 Å². The van der Waals surface area contributed by atoms with Crippen LogP contribution in [0.3, 0.4) is 0 Å². The lowest BCUT2D eigenvalue weighted by Gasteiger charge is -2.57. The molecule has 2 fully saturated rings. The van der Waals surface area contributed by atoms with Gasteiger partial charge in [0.1, 0.15) is 11.7 Å². The molecule has 2 aliphatic rings. The number of carbonyl (C=O) groups excluding carboxylic acids is 1. The van der Waals surface area contributed by atoms with Crippen LogP contribution in [0, 0.1) is 15.5 Å². The Bertz CT molecular complexity index is 1050. The summed E-state index contributed by atoms with van der Waals surface area (Å²) in [4.78, 5) is 33.4. The lowest BCUT2D eigenvalue weighted by Crippen LogP contribution is -2.66. The van der Waals surface area contributed by atoms with Gasteiger partial charge in [0.05, 0.1) is 12.2 Å². The van der Waals surface area contributed by atoms with E-state index in [0.29, 0.717) is 36.8 Å². The molecule has 2 aromatic rings. The minimum absolute atomic E-state index is 0.00577. The van der Waals surface area contributed by atoms with Crippen LogP contribution in [0.15, 0.2) is 30.5 Å². The van der Waals surface area contributed by atoms with Gasteiger partial charge >= 0.3 is 11.9 Å². The molecular formula is C23H28N4O6. The fourth-order valence-electron chi connectivity index (χ4n) is 4.29. The number of carbonyl (C=O) groups is 1. The molecule has 0 radical (unpaired) electrons. The van der Waals surface area contributed by atoms with Crippen LogP contribution in [0.4, 0.5) is 10.6 Å². The van der Waals surface area contributed by atoms with Crippen LogP contribution in [-0.4, -0.2) is 57.3 Å². The first-order valence-corrected chi connectivity index (χ1v) is 11.0. The van der Waals surface area contributed by atoms with Gasteiger partial charge in [-0.3, -0.25) is 0 Å². The first-order valence-electron chi connectivity index (χ1n) is 11.0. The average Bonchev–Trinajstić information content (AvgIpc) is 2.68. The molecule has 0 aromatic carbocycles. The second-order valence-corrected chi connectivity index (χ2v) is 9.55. The van der Waals surface area contributed by atoms with Crippen molar-refractivity contribution < 1.29 is 23.9 Å². The monoisotopic (exact) mass is 456 g/mol. The second-order valence-electron chi connectivity index (χ2n) is 9.55. The largest absolute Gasteiger partial charge is 0.482 e. The summed E-state index contributed by atoms with van der Waals surface area (Å²) in [5.41, 5.74) is 0.449. The van der Waals surface area contributed by atoms with Gasteiger partial charge < -0.3 is 29.2 Å². The van der Waals surface area contributed by atoms with Crippen LogP contribution in [0.1, 0.15) is 40.5 Å². The van der Waals surface area contributed by atoms with Gasteiger partial charge in [-0.15, -0.1) is 0 Å². The van der Waals surface area contributed by atoms with Crippen molar-refractivity contribution in [3.8, 4) is 22.9 Å². The molecule has 1 amide bonds. The van der Waals surface area contributed by atoms with E-state index in [4.69, 9.17) is 14.2 Å². The summed E-state index contributed by atoms with van der Waals surface area (Å²) in [6.45, 7) is 9.00. The second kappa shape index (κ2) is 8.49. The van der Waals surface area contributed by atoms with Gasteiger partial charge in [-0.05, 0) is 74.7 Å². The van der Waals surface area contributed by atoms with E-state index < -0.39 is 10.5 Å². The van der Waals surface area contributed by atoms with E-state index in [1.807, 2.05) is 27.7 Å². The van der Waals surface area contributed by atoms with Crippen molar-refractivity contribution in [2.45, 2.75) is 52.2 Å². The van der Waals surface area contributed by atoms with E-state index in [0.717, 1.165) is 12.8 Å². The fraction of sp³-hybridized carbons (Fsp3) is 0.522. The van der Waals surface area contributed by atoms with Crippen molar-refractivity contribution in [2.24, 2.45) is 5.41 Å². The minimum Gasteiger partial charge on any atom is -0.482 e. The maximum absolute atomic E-state index is 12.2. The zero-order chi connectivity index (χ0) is 23.8. The Labute approximate surface area is 192 Å². The highest BCUT2D eigenvalue weighted by Gasteiger charge is 2.55. The Morgan fingerprint density at radius 1 is 1.27 bits per heavy atom. The third-order valence-corrected chi connectivity index (χ3v) is 5.66. The molecule has 10 nitrogen and oxygen atoms in total. The quantitative estimate of drug-likeness (QED) is 0.468. The van der Waals surface area contributed by atoms with Gasteiger partial charge in [-0.1, -0.05) is 0 Å². The molecule has 1 aliphatic carbocycles. The Kier molecular flexibility index (Phi) is 5.85. The summed E-state index contributed by atoms with van der Waals surface area (Å²) in [6.07, 6.45) is 2.58. The Balaban J connectivity index is 1.40. The van der Waals surface area contributed by atoms with Crippen LogP contribution < -0.4 is 9.47 Å². The normalized spacial score (nSPS) is 17.2. The maximum Gasteiger partial charge on any atom is 0.410 e. The van der Waals surface area contributed by atoms with Gasteiger partial charge in [0.25, 0.3) is 0 Å². The highest BCUT2D eigenvalue weighted by Crippen LogP contribution is 2.50. The van der Waals surface area contributed by atoms with Gasteiger partial charge in [0, 0.05) is 24.7 Å². The molecule has 3 heterocycles. The SMILES string of the molecule is CCOc1ncccc1-c1ccc(OC2CC3(C2)CN(C(=O)OC(C)(C)C)C3)c([N+](=O)[O-])n1. The number of hydrogen-bond acceptors (Lipinski definition) is 8. The third-order valence-electron chi connectivity index (χ3n) is 5.66. The smallest absolute Gasteiger partial charge is 0.410 e. The van der Waals surface area contributed by atoms with Crippen molar-refractivity contribution in [3.63, 3.8) is 0 Å². The molecule has 176 valence electrons. The fourth-order valence-corrected chi connectivity index (χ4v) is 4.29. The molecule has 0 atom stereocenters. The number of nitrogens with zero attached hydrogens (tertiary/aromatic N) is 4.